The molecule has 2 aliphatic rings. The van der Waals surface area contributed by atoms with Crippen LogP contribution in [0.3, 0.4) is 0 Å². The standard InChI is InChI=1S/C14H22N2S/c15-11-5-7-12(8-6-11)16-14(10-3-4-10)13-2-1-9-17-13/h1-2,9-12,14,16H,3-8,15H2. The van der Waals surface area contributed by atoms with E-state index < -0.39 is 0 Å². The van der Waals surface area contributed by atoms with Gasteiger partial charge in [0.05, 0.1) is 0 Å². The molecule has 1 heterocycles. The number of hydrogen-bond donors (Lipinski definition) is 2. The van der Waals surface area contributed by atoms with E-state index in [1.54, 1.807) is 0 Å². The van der Waals surface area contributed by atoms with E-state index in [0.717, 1.165) is 5.92 Å². The van der Waals surface area contributed by atoms with Gasteiger partial charge >= 0.3 is 0 Å². The molecule has 2 nitrogen and oxygen atoms in total. The lowest BCUT2D eigenvalue weighted by atomic mass is 9.91. The molecule has 0 radical (unpaired) electrons. The van der Waals surface area contributed by atoms with Crippen molar-refractivity contribution in [2.45, 2.75) is 56.7 Å². The Morgan fingerprint density at radius 3 is 2.53 bits per heavy atom. The SMILES string of the molecule is NC1CCC(NC(c2cccs2)C2CC2)CC1. The second kappa shape index (κ2) is 5.09. The highest BCUT2D eigenvalue weighted by Gasteiger charge is 2.34. The second-order valence-corrected chi connectivity index (χ2v) is 6.59. The average Bonchev–Trinajstić information content (AvgIpc) is 3.03. The van der Waals surface area contributed by atoms with Gasteiger partial charge in [0.25, 0.3) is 0 Å². The van der Waals surface area contributed by atoms with Crippen molar-refractivity contribution in [3.8, 4) is 0 Å². The number of nitrogens with two attached hydrogens (primary N) is 1. The van der Waals surface area contributed by atoms with E-state index in [-0.39, 0.29) is 0 Å². The van der Waals surface area contributed by atoms with Crippen molar-refractivity contribution in [2.24, 2.45) is 11.7 Å². The Hall–Kier alpha value is -0.380. The first-order chi connectivity index (χ1) is 8.33. The van der Waals surface area contributed by atoms with Crippen molar-refractivity contribution in [1.29, 1.82) is 0 Å². The molecule has 0 aliphatic heterocycles. The summed E-state index contributed by atoms with van der Waals surface area (Å²) in [5.74, 6) is 0.893. The van der Waals surface area contributed by atoms with E-state index in [1.165, 1.54) is 43.4 Å². The summed E-state index contributed by atoms with van der Waals surface area (Å²) in [6.45, 7) is 0. The first-order valence-electron chi connectivity index (χ1n) is 6.88. The lowest BCUT2D eigenvalue weighted by Gasteiger charge is -2.30. The normalized spacial score (nSPS) is 31.4. The Bertz CT molecular complexity index is 337. The van der Waals surface area contributed by atoms with Crippen LogP contribution in [-0.4, -0.2) is 12.1 Å². The maximum absolute atomic E-state index is 5.97. The van der Waals surface area contributed by atoms with Crippen LogP contribution in [0.1, 0.15) is 49.4 Å². The third-order valence-electron chi connectivity index (χ3n) is 4.13. The van der Waals surface area contributed by atoms with Crippen LogP contribution in [0.5, 0.6) is 0 Å². The smallest absolute Gasteiger partial charge is 0.0445 e. The van der Waals surface area contributed by atoms with Gasteiger partial charge in [-0.2, -0.15) is 0 Å². The van der Waals surface area contributed by atoms with Gasteiger partial charge in [0, 0.05) is 23.0 Å². The summed E-state index contributed by atoms with van der Waals surface area (Å²) < 4.78 is 0. The maximum atomic E-state index is 5.97. The Morgan fingerprint density at radius 2 is 1.94 bits per heavy atom. The van der Waals surface area contributed by atoms with E-state index >= 15 is 0 Å². The third-order valence-corrected chi connectivity index (χ3v) is 5.09. The third kappa shape index (κ3) is 2.90. The Kier molecular flexibility index (Phi) is 3.50. The molecule has 2 aliphatic carbocycles. The average molecular weight is 250 g/mol. The highest BCUT2D eigenvalue weighted by atomic mass is 32.1. The molecule has 94 valence electrons. The van der Waals surface area contributed by atoms with Crippen molar-refractivity contribution in [3.63, 3.8) is 0 Å². The second-order valence-electron chi connectivity index (χ2n) is 5.61. The molecule has 3 rings (SSSR count). The Morgan fingerprint density at radius 1 is 1.18 bits per heavy atom. The van der Waals surface area contributed by atoms with Crippen molar-refractivity contribution in [2.75, 3.05) is 0 Å². The highest BCUT2D eigenvalue weighted by Crippen LogP contribution is 2.43. The molecule has 2 fully saturated rings. The van der Waals surface area contributed by atoms with E-state index in [2.05, 4.69) is 22.8 Å². The fourth-order valence-electron chi connectivity index (χ4n) is 2.89. The number of thiophene rings is 1. The molecule has 0 amide bonds. The van der Waals surface area contributed by atoms with Crippen molar-refractivity contribution >= 4 is 11.3 Å². The zero-order valence-corrected chi connectivity index (χ0v) is 11.1. The number of nitrogens with one attached hydrogen (secondary N) is 1. The summed E-state index contributed by atoms with van der Waals surface area (Å²) in [6, 6.07) is 6.23. The van der Waals surface area contributed by atoms with Crippen LogP contribution in [-0.2, 0) is 0 Å². The Balaban J connectivity index is 1.61. The molecule has 1 aromatic heterocycles. The predicted molar refractivity (Wildman–Crippen MR) is 73.2 cm³/mol. The summed E-state index contributed by atoms with van der Waals surface area (Å²) >= 11 is 1.90. The number of hydrogen-bond acceptors (Lipinski definition) is 3. The van der Waals surface area contributed by atoms with Crippen LogP contribution < -0.4 is 11.1 Å². The molecule has 0 saturated heterocycles. The minimum Gasteiger partial charge on any atom is -0.328 e. The van der Waals surface area contributed by atoms with Crippen LogP contribution in [0.25, 0.3) is 0 Å². The summed E-state index contributed by atoms with van der Waals surface area (Å²) in [5, 5.41) is 6.09. The van der Waals surface area contributed by atoms with Crippen LogP contribution in [0, 0.1) is 5.92 Å². The van der Waals surface area contributed by atoms with Crippen LogP contribution in [0.4, 0.5) is 0 Å². The lowest BCUT2D eigenvalue weighted by molar-refractivity contribution is 0.305. The fourth-order valence-corrected chi connectivity index (χ4v) is 3.77. The molecule has 0 spiro atoms. The predicted octanol–water partition coefficient (Wildman–Crippen LogP) is 3.06. The minimum absolute atomic E-state index is 0.453. The van der Waals surface area contributed by atoms with Crippen molar-refractivity contribution in [1.82, 2.24) is 5.32 Å². The molecule has 3 heteroatoms. The molecular weight excluding hydrogens is 228 g/mol. The van der Waals surface area contributed by atoms with Gasteiger partial charge in [-0.3, -0.25) is 0 Å². The molecule has 3 N–H and O–H groups in total. The molecule has 0 bridgehead atoms. The topological polar surface area (TPSA) is 38.0 Å². The van der Waals surface area contributed by atoms with E-state index in [9.17, 15) is 0 Å². The summed E-state index contributed by atoms with van der Waals surface area (Å²) in [4.78, 5) is 1.53. The monoisotopic (exact) mass is 250 g/mol. The van der Waals surface area contributed by atoms with Gasteiger partial charge < -0.3 is 11.1 Å². The molecule has 17 heavy (non-hydrogen) atoms. The van der Waals surface area contributed by atoms with Crippen LogP contribution in [0.15, 0.2) is 17.5 Å². The highest BCUT2D eigenvalue weighted by molar-refractivity contribution is 7.10. The van der Waals surface area contributed by atoms with Gasteiger partial charge in [-0.15, -0.1) is 11.3 Å². The van der Waals surface area contributed by atoms with Gasteiger partial charge in [-0.1, -0.05) is 6.07 Å². The lowest BCUT2D eigenvalue weighted by Crippen LogP contribution is -2.39. The zero-order valence-electron chi connectivity index (χ0n) is 10.3. The van der Waals surface area contributed by atoms with Gasteiger partial charge in [-0.05, 0) is 55.9 Å². The van der Waals surface area contributed by atoms with E-state index in [1.807, 2.05) is 11.3 Å². The van der Waals surface area contributed by atoms with Gasteiger partial charge in [0.15, 0.2) is 0 Å². The summed E-state index contributed by atoms with van der Waals surface area (Å²) in [7, 11) is 0. The van der Waals surface area contributed by atoms with Crippen LogP contribution in [0.2, 0.25) is 0 Å². The van der Waals surface area contributed by atoms with Crippen LogP contribution >= 0.6 is 11.3 Å². The Labute approximate surface area is 108 Å². The number of rotatable bonds is 4. The zero-order chi connectivity index (χ0) is 11.7. The fraction of sp³-hybridized carbons (Fsp3) is 0.714. The molecule has 0 aromatic carbocycles. The summed E-state index contributed by atoms with van der Waals surface area (Å²) in [6.07, 6.45) is 7.72. The molecule has 1 atom stereocenters. The van der Waals surface area contributed by atoms with Crippen molar-refractivity contribution in [3.05, 3.63) is 22.4 Å². The maximum Gasteiger partial charge on any atom is 0.0445 e. The van der Waals surface area contributed by atoms with Gasteiger partial charge in [0.2, 0.25) is 0 Å². The first kappa shape index (κ1) is 11.7. The quantitative estimate of drug-likeness (QED) is 0.862. The van der Waals surface area contributed by atoms with E-state index in [0.29, 0.717) is 18.1 Å². The summed E-state index contributed by atoms with van der Waals surface area (Å²) in [5.41, 5.74) is 5.97. The van der Waals surface area contributed by atoms with Gasteiger partial charge in [0.1, 0.15) is 0 Å². The molecular formula is C14H22N2S. The van der Waals surface area contributed by atoms with Gasteiger partial charge in [-0.25, -0.2) is 0 Å². The first-order valence-corrected chi connectivity index (χ1v) is 7.76. The van der Waals surface area contributed by atoms with E-state index in [4.69, 9.17) is 5.73 Å². The largest absolute Gasteiger partial charge is 0.328 e. The molecule has 2 saturated carbocycles. The van der Waals surface area contributed by atoms with Crippen molar-refractivity contribution < 1.29 is 0 Å². The minimum atomic E-state index is 0.453. The molecule has 1 aromatic rings. The molecule has 1 unspecified atom stereocenters.